The molecule has 0 aliphatic carbocycles. The van der Waals surface area contributed by atoms with Gasteiger partial charge in [-0.2, -0.15) is 11.8 Å². The molecule has 2 aromatic carbocycles. The van der Waals surface area contributed by atoms with Crippen LogP contribution in [0.25, 0.3) is 11.1 Å². The molecule has 3 heteroatoms. The molecule has 0 bridgehead atoms. The van der Waals surface area contributed by atoms with E-state index < -0.39 is 0 Å². The summed E-state index contributed by atoms with van der Waals surface area (Å²) < 4.78 is 5.74. The lowest BCUT2D eigenvalue weighted by Crippen LogP contribution is -2.00. The number of allylic oxidation sites excluding steroid dienone is 2. The van der Waals surface area contributed by atoms with E-state index in [1.54, 1.807) is 6.07 Å². The predicted octanol–water partition coefficient (Wildman–Crippen LogP) is 5.48. The summed E-state index contributed by atoms with van der Waals surface area (Å²) in [5, 5.41) is 10.2. The number of benzene rings is 2. The largest absolute Gasteiger partial charge is 0.507 e. The van der Waals surface area contributed by atoms with Crippen LogP contribution in [0.1, 0.15) is 12.0 Å². The Morgan fingerprint density at radius 1 is 1.00 bits per heavy atom. The molecular formula is C21H24O2S. The van der Waals surface area contributed by atoms with Gasteiger partial charge in [-0.15, -0.1) is 13.2 Å². The van der Waals surface area contributed by atoms with E-state index in [0.717, 1.165) is 46.8 Å². The smallest absolute Gasteiger partial charge is 0.123 e. The van der Waals surface area contributed by atoms with E-state index in [-0.39, 0.29) is 0 Å². The van der Waals surface area contributed by atoms with E-state index in [4.69, 9.17) is 4.74 Å². The van der Waals surface area contributed by atoms with Gasteiger partial charge in [0.05, 0.1) is 6.61 Å². The van der Waals surface area contributed by atoms with E-state index >= 15 is 0 Å². The highest BCUT2D eigenvalue weighted by atomic mass is 32.2. The number of phenols is 1. The van der Waals surface area contributed by atoms with Gasteiger partial charge in [-0.1, -0.05) is 36.4 Å². The van der Waals surface area contributed by atoms with Crippen molar-refractivity contribution in [2.45, 2.75) is 12.8 Å². The van der Waals surface area contributed by atoms with Gasteiger partial charge < -0.3 is 9.84 Å². The maximum absolute atomic E-state index is 10.2. The fourth-order valence-corrected chi connectivity index (χ4v) is 3.07. The van der Waals surface area contributed by atoms with Crippen LogP contribution in [0.3, 0.4) is 0 Å². The van der Waals surface area contributed by atoms with E-state index in [2.05, 4.69) is 13.2 Å². The van der Waals surface area contributed by atoms with Gasteiger partial charge in [-0.3, -0.25) is 0 Å². The number of aromatic hydroxyl groups is 1. The summed E-state index contributed by atoms with van der Waals surface area (Å²) in [6, 6.07) is 13.6. The Kier molecular flexibility index (Phi) is 7.50. The van der Waals surface area contributed by atoms with Gasteiger partial charge in [0.25, 0.3) is 0 Å². The van der Waals surface area contributed by atoms with Crippen molar-refractivity contribution in [2.75, 3.05) is 18.1 Å². The first-order valence-electron chi connectivity index (χ1n) is 8.09. The van der Waals surface area contributed by atoms with Crippen LogP contribution in [0.15, 0.2) is 67.8 Å². The Labute approximate surface area is 148 Å². The van der Waals surface area contributed by atoms with E-state index in [9.17, 15) is 5.11 Å². The van der Waals surface area contributed by atoms with Crippen LogP contribution in [0.2, 0.25) is 0 Å². The van der Waals surface area contributed by atoms with E-state index in [1.807, 2.05) is 60.3 Å². The molecule has 0 heterocycles. The van der Waals surface area contributed by atoms with Gasteiger partial charge in [0.2, 0.25) is 0 Å². The minimum atomic E-state index is 0.293. The van der Waals surface area contributed by atoms with Crippen molar-refractivity contribution in [1.82, 2.24) is 0 Å². The minimum absolute atomic E-state index is 0.293. The molecule has 1 N–H and O–H groups in total. The van der Waals surface area contributed by atoms with Crippen molar-refractivity contribution in [3.63, 3.8) is 0 Å². The SMILES string of the molecule is C=CCCSCCOc1ccc(-c2ccc(CC=C)cc2O)cc1. The van der Waals surface area contributed by atoms with Crippen LogP contribution in [-0.4, -0.2) is 23.2 Å². The van der Waals surface area contributed by atoms with Crippen molar-refractivity contribution >= 4 is 11.8 Å². The lowest BCUT2D eigenvalue weighted by atomic mass is 10.0. The van der Waals surface area contributed by atoms with Crippen molar-refractivity contribution in [2.24, 2.45) is 0 Å². The third kappa shape index (κ3) is 5.50. The maximum Gasteiger partial charge on any atom is 0.123 e. The number of thioether (sulfide) groups is 1. The van der Waals surface area contributed by atoms with Crippen LogP contribution >= 0.6 is 11.8 Å². The molecule has 2 aromatic rings. The van der Waals surface area contributed by atoms with E-state index in [1.165, 1.54) is 0 Å². The summed E-state index contributed by atoms with van der Waals surface area (Å²) in [6.07, 6.45) is 5.56. The molecule has 0 amide bonds. The van der Waals surface area contributed by atoms with Crippen LogP contribution in [0.5, 0.6) is 11.5 Å². The standard InChI is InChI=1S/C21H24O2S/c1-3-5-14-24-15-13-23-19-10-8-18(9-11-19)20-12-7-17(6-4-2)16-21(20)22/h3-4,7-12,16,22H,1-2,5-6,13-15H2. The third-order valence-electron chi connectivity index (χ3n) is 3.57. The summed E-state index contributed by atoms with van der Waals surface area (Å²) in [6.45, 7) is 8.13. The third-order valence-corrected chi connectivity index (χ3v) is 4.55. The second-order valence-corrected chi connectivity index (χ2v) is 6.63. The highest BCUT2D eigenvalue weighted by Gasteiger charge is 2.05. The van der Waals surface area contributed by atoms with E-state index in [0.29, 0.717) is 12.4 Å². The summed E-state index contributed by atoms with van der Waals surface area (Å²) >= 11 is 1.87. The molecule has 0 atom stereocenters. The van der Waals surface area contributed by atoms with Crippen LogP contribution in [0.4, 0.5) is 0 Å². The van der Waals surface area contributed by atoms with Crippen molar-refractivity contribution in [1.29, 1.82) is 0 Å². The number of rotatable bonds is 10. The Morgan fingerprint density at radius 3 is 2.46 bits per heavy atom. The Bertz CT molecular complexity index is 662. The highest BCUT2D eigenvalue weighted by molar-refractivity contribution is 7.99. The zero-order valence-corrected chi connectivity index (χ0v) is 14.7. The lowest BCUT2D eigenvalue weighted by molar-refractivity contribution is 0.344. The van der Waals surface area contributed by atoms with Gasteiger partial charge in [0.1, 0.15) is 11.5 Å². The first kappa shape index (κ1) is 18.2. The monoisotopic (exact) mass is 340 g/mol. The Hall–Kier alpha value is -2.13. The zero-order valence-electron chi connectivity index (χ0n) is 13.9. The fraction of sp³-hybridized carbons (Fsp3) is 0.238. The van der Waals surface area contributed by atoms with Gasteiger partial charge in [0, 0.05) is 11.3 Å². The number of ether oxygens (including phenoxy) is 1. The van der Waals surface area contributed by atoms with Crippen molar-refractivity contribution in [3.05, 3.63) is 73.3 Å². The molecule has 0 aliphatic rings. The molecule has 0 aliphatic heterocycles. The molecule has 0 saturated carbocycles. The average molecular weight is 340 g/mol. The zero-order chi connectivity index (χ0) is 17.2. The highest BCUT2D eigenvalue weighted by Crippen LogP contribution is 2.31. The number of hydrogen-bond acceptors (Lipinski definition) is 3. The Morgan fingerprint density at radius 2 is 1.79 bits per heavy atom. The molecule has 2 nitrogen and oxygen atoms in total. The molecular weight excluding hydrogens is 316 g/mol. The first-order chi connectivity index (χ1) is 11.7. The molecule has 126 valence electrons. The maximum atomic E-state index is 10.2. The van der Waals surface area contributed by atoms with Crippen molar-refractivity contribution in [3.8, 4) is 22.6 Å². The lowest BCUT2D eigenvalue weighted by Gasteiger charge is -2.09. The molecule has 24 heavy (non-hydrogen) atoms. The summed E-state index contributed by atoms with van der Waals surface area (Å²) in [7, 11) is 0. The molecule has 0 saturated heterocycles. The van der Waals surface area contributed by atoms with Crippen molar-refractivity contribution < 1.29 is 9.84 Å². The van der Waals surface area contributed by atoms with Crippen LogP contribution in [-0.2, 0) is 6.42 Å². The summed E-state index contributed by atoms with van der Waals surface area (Å²) in [5.74, 6) is 3.21. The number of hydrogen-bond donors (Lipinski definition) is 1. The number of phenolic OH excluding ortho intramolecular Hbond substituents is 1. The molecule has 0 fully saturated rings. The summed E-state index contributed by atoms with van der Waals surface area (Å²) in [4.78, 5) is 0. The normalized spacial score (nSPS) is 10.3. The second-order valence-electron chi connectivity index (χ2n) is 5.41. The molecule has 2 rings (SSSR count). The fourth-order valence-electron chi connectivity index (χ4n) is 2.33. The predicted molar refractivity (Wildman–Crippen MR) is 105 cm³/mol. The van der Waals surface area contributed by atoms with Gasteiger partial charge in [-0.25, -0.2) is 0 Å². The molecule has 0 radical (unpaired) electrons. The van der Waals surface area contributed by atoms with Gasteiger partial charge >= 0.3 is 0 Å². The second kappa shape index (κ2) is 9.89. The minimum Gasteiger partial charge on any atom is -0.507 e. The van der Waals surface area contributed by atoms with Crippen LogP contribution < -0.4 is 4.74 Å². The van der Waals surface area contributed by atoms with Gasteiger partial charge in [-0.05, 0) is 47.9 Å². The topological polar surface area (TPSA) is 29.5 Å². The molecule has 0 unspecified atom stereocenters. The van der Waals surface area contributed by atoms with Crippen LogP contribution in [0, 0.1) is 0 Å². The van der Waals surface area contributed by atoms with Gasteiger partial charge in [0.15, 0.2) is 0 Å². The molecule has 0 aromatic heterocycles. The molecule has 0 spiro atoms. The quantitative estimate of drug-likeness (QED) is 0.459. The first-order valence-corrected chi connectivity index (χ1v) is 9.24. The average Bonchev–Trinajstić information content (AvgIpc) is 2.59. The Balaban J connectivity index is 1.92. The summed E-state index contributed by atoms with van der Waals surface area (Å²) in [5.41, 5.74) is 2.86.